The minimum Gasteiger partial charge on any atom is -0.454 e. The van der Waals surface area contributed by atoms with E-state index in [2.05, 4.69) is 20.3 Å². The van der Waals surface area contributed by atoms with Gasteiger partial charge in [0, 0.05) is 16.8 Å². The summed E-state index contributed by atoms with van der Waals surface area (Å²) in [7, 11) is 0. The maximum absolute atomic E-state index is 11.9. The maximum atomic E-state index is 11.9. The van der Waals surface area contributed by atoms with E-state index in [9.17, 15) is 4.79 Å². The first kappa shape index (κ1) is 18.3. The molecule has 0 atom stereocenters. The molecule has 0 fully saturated rings. The summed E-state index contributed by atoms with van der Waals surface area (Å²) in [4.78, 5) is 24.1. The standard InChI is InChI=1S/C19H16ClN5O2/c20-14-9-6-13(7-10-14)8-11-17(26)27-12-16-23-18(21)25-19(24-16)22-15-4-2-1-3-5-15/h1-11H,12H2,(H3,21,22,23,24,25)/b11-8+. The molecule has 8 heteroatoms. The van der Waals surface area contributed by atoms with Crippen LogP contribution in [0.2, 0.25) is 5.02 Å². The number of benzene rings is 2. The van der Waals surface area contributed by atoms with Gasteiger partial charge in [-0.3, -0.25) is 0 Å². The van der Waals surface area contributed by atoms with Crippen molar-refractivity contribution < 1.29 is 9.53 Å². The lowest BCUT2D eigenvalue weighted by molar-refractivity contribution is -0.139. The molecule has 0 saturated heterocycles. The van der Waals surface area contributed by atoms with Crippen molar-refractivity contribution >= 4 is 41.2 Å². The number of carbonyl (C=O) groups is 1. The highest BCUT2D eigenvalue weighted by atomic mass is 35.5. The molecular formula is C19H16ClN5O2. The zero-order valence-corrected chi connectivity index (χ0v) is 14.9. The molecule has 3 aromatic rings. The van der Waals surface area contributed by atoms with Crippen molar-refractivity contribution in [2.24, 2.45) is 0 Å². The van der Waals surface area contributed by atoms with Crippen molar-refractivity contribution in [2.75, 3.05) is 11.1 Å². The molecule has 0 bridgehead atoms. The lowest BCUT2D eigenvalue weighted by Crippen LogP contribution is -2.10. The number of anilines is 3. The van der Waals surface area contributed by atoms with Gasteiger partial charge in [-0.2, -0.15) is 15.0 Å². The average Bonchev–Trinajstić information content (AvgIpc) is 2.66. The van der Waals surface area contributed by atoms with Gasteiger partial charge in [0.1, 0.15) is 0 Å². The van der Waals surface area contributed by atoms with Crippen molar-refractivity contribution in [3.63, 3.8) is 0 Å². The van der Waals surface area contributed by atoms with Gasteiger partial charge in [-0.25, -0.2) is 4.79 Å². The molecule has 27 heavy (non-hydrogen) atoms. The van der Waals surface area contributed by atoms with Crippen LogP contribution >= 0.6 is 11.6 Å². The number of ether oxygens (including phenoxy) is 1. The average molecular weight is 382 g/mol. The zero-order chi connectivity index (χ0) is 19.1. The number of nitrogen functional groups attached to an aromatic ring is 1. The SMILES string of the molecule is Nc1nc(COC(=O)/C=C/c2ccc(Cl)cc2)nc(Nc2ccccc2)n1. The lowest BCUT2D eigenvalue weighted by atomic mass is 10.2. The Morgan fingerprint density at radius 3 is 2.56 bits per heavy atom. The minimum absolute atomic E-state index is 0.0335. The minimum atomic E-state index is -0.526. The van der Waals surface area contributed by atoms with Gasteiger partial charge in [0.15, 0.2) is 12.4 Å². The highest BCUT2D eigenvalue weighted by Gasteiger charge is 2.07. The van der Waals surface area contributed by atoms with Crippen LogP contribution < -0.4 is 11.1 Å². The summed E-state index contributed by atoms with van der Waals surface area (Å²) in [5.41, 5.74) is 7.33. The van der Waals surface area contributed by atoms with E-state index in [4.69, 9.17) is 22.1 Å². The molecule has 0 saturated carbocycles. The Morgan fingerprint density at radius 1 is 1.07 bits per heavy atom. The zero-order valence-electron chi connectivity index (χ0n) is 14.2. The summed E-state index contributed by atoms with van der Waals surface area (Å²) < 4.78 is 5.15. The Labute approximate surface area is 160 Å². The molecule has 1 heterocycles. The van der Waals surface area contributed by atoms with E-state index < -0.39 is 5.97 Å². The van der Waals surface area contributed by atoms with E-state index in [1.165, 1.54) is 6.08 Å². The van der Waals surface area contributed by atoms with E-state index in [-0.39, 0.29) is 24.3 Å². The monoisotopic (exact) mass is 381 g/mol. The third-order valence-electron chi connectivity index (χ3n) is 3.35. The van der Waals surface area contributed by atoms with Crippen LogP contribution in [0.25, 0.3) is 6.08 Å². The number of halogens is 1. The van der Waals surface area contributed by atoms with Gasteiger partial charge in [0.05, 0.1) is 0 Å². The van der Waals surface area contributed by atoms with E-state index in [1.807, 2.05) is 30.3 Å². The molecule has 3 N–H and O–H groups in total. The largest absolute Gasteiger partial charge is 0.454 e. The van der Waals surface area contributed by atoms with Gasteiger partial charge in [-0.05, 0) is 35.9 Å². The highest BCUT2D eigenvalue weighted by molar-refractivity contribution is 6.30. The molecule has 1 aromatic heterocycles. The Morgan fingerprint density at radius 2 is 1.81 bits per heavy atom. The third kappa shape index (κ3) is 5.79. The summed E-state index contributed by atoms with van der Waals surface area (Å²) in [6.07, 6.45) is 2.94. The summed E-state index contributed by atoms with van der Waals surface area (Å²) in [6, 6.07) is 16.4. The Hall–Kier alpha value is -3.45. The van der Waals surface area contributed by atoms with Crippen LogP contribution in [-0.4, -0.2) is 20.9 Å². The van der Waals surface area contributed by atoms with Gasteiger partial charge >= 0.3 is 5.97 Å². The Bertz CT molecular complexity index is 946. The van der Waals surface area contributed by atoms with Crippen LogP contribution in [0.4, 0.5) is 17.6 Å². The predicted molar refractivity (Wildman–Crippen MR) is 104 cm³/mol. The Balaban J connectivity index is 1.60. The highest BCUT2D eigenvalue weighted by Crippen LogP contribution is 2.13. The molecule has 0 amide bonds. The molecule has 7 nitrogen and oxygen atoms in total. The Kier molecular flexibility index (Phi) is 5.96. The maximum Gasteiger partial charge on any atom is 0.331 e. The van der Waals surface area contributed by atoms with Crippen molar-refractivity contribution in [1.82, 2.24) is 15.0 Å². The van der Waals surface area contributed by atoms with Crippen LogP contribution in [0.15, 0.2) is 60.7 Å². The first-order valence-electron chi connectivity index (χ1n) is 8.01. The van der Waals surface area contributed by atoms with Gasteiger partial charge in [-0.15, -0.1) is 0 Å². The number of para-hydroxylation sites is 1. The number of hydrogen-bond donors (Lipinski definition) is 2. The van der Waals surface area contributed by atoms with E-state index >= 15 is 0 Å². The van der Waals surface area contributed by atoms with Crippen molar-refractivity contribution in [3.05, 3.63) is 77.1 Å². The number of esters is 1. The lowest BCUT2D eigenvalue weighted by Gasteiger charge is -2.07. The number of aromatic nitrogens is 3. The molecule has 0 spiro atoms. The van der Waals surface area contributed by atoms with Crippen molar-refractivity contribution in [3.8, 4) is 0 Å². The second-order valence-electron chi connectivity index (χ2n) is 5.42. The fourth-order valence-electron chi connectivity index (χ4n) is 2.13. The molecule has 136 valence electrons. The molecule has 0 radical (unpaired) electrons. The summed E-state index contributed by atoms with van der Waals surface area (Å²) in [5.74, 6) is 0.0262. The first-order chi connectivity index (χ1) is 13.1. The van der Waals surface area contributed by atoms with Gasteiger partial charge < -0.3 is 15.8 Å². The number of nitrogens with one attached hydrogen (secondary N) is 1. The molecule has 3 rings (SSSR count). The molecular weight excluding hydrogens is 366 g/mol. The number of rotatable bonds is 6. The number of nitrogens with zero attached hydrogens (tertiary/aromatic N) is 3. The smallest absolute Gasteiger partial charge is 0.331 e. The number of hydrogen-bond acceptors (Lipinski definition) is 7. The van der Waals surface area contributed by atoms with Crippen molar-refractivity contribution in [1.29, 1.82) is 0 Å². The van der Waals surface area contributed by atoms with Gasteiger partial charge in [0.25, 0.3) is 0 Å². The fraction of sp³-hybridized carbons (Fsp3) is 0.0526. The number of carbonyl (C=O) groups excluding carboxylic acids is 1. The third-order valence-corrected chi connectivity index (χ3v) is 3.61. The topological polar surface area (TPSA) is 103 Å². The number of nitrogens with two attached hydrogens (primary N) is 1. The molecule has 0 aliphatic carbocycles. The van der Waals surface area contributed by atoms with Gasteiger partial charge in [0.2, 0.25) is 11.9 Å². The van der Waals surface area contributed by atoms with E-state index in [1.54, 1.807) is 30.3 Å². The first-order valence-corrected chi connectivity index (χ1v) is 8.39. The summed E-state index contributed by atoms with van der Waals surface area (Å²) in [6.45, 7) is -0.125. The van der Waals surface area contributed by atoms with Crippen LogP contribution in [-0.2, 0) is 16.1 Å². The molecule has 0 unspecified atom stereocenters. The predicted octanol–water partition coefficient (Wildman–Crippen LogP) is 3.61. The van der Waals surface area contributed by atoms with E-state index in [0.29, 0.717) is 5.02 Å². The van der Waals surface area contributed by atoms with Crippen LogP contribution in [0.1, 0.15) is 11.4 Å². The molecule has 0 aliphatic heterocycles. The summed E-state index contributed by atoms with van der Waals surface area (Å²) >= 11 is 5.82. The summed E-state index contributed by atoms with van der Waals surface area (Å²) in [5, 5.41) is 3.64. The second kappa shape index (κ2) is 8.77. The van der Waals surface area contributed by atoms with Crippen LogP contribution in [0.5, 0.6) is 0 Å². The van der Waals surface area contributed by atoms with Gasteiger partial charge in [-0.1, -0.05) is 41.9 Å². The quantitative estimate of drug-likeness (QED) is 0.496. The second-order valence-corrected chi connectivity index (χ2v) is 5.85. The van der Waals surface area contributed by atoms with Crippen LogP contribution in [0.3, 0.4) is 0 Å². The van der Waals surface area contributed by atoms with Crippen LogP contribution in [0, 0.1) is 0 Å². The molecule has 0 aliphatic rings. The van der Waals surface area contributed by atoms with E-state index in [0.717, 1.165) is 11.3 Å². The fourth-order valence-corrected chi connectivity index (χ4v) is 2.26. The molecule has 2 aromatic carbocycles. The normalized spacial score (nSPS) is 10.7. The van der Waals surface area contributed by atoms with Crippen molar-refractivity contribution in [2.45, 2.75) is 6.61 Å².